The first-order valence-electron chi connectivity index (χ1n) is 9.45. The van der Waals surface area contributed by atoms with Crippen molar-refractivity contribution in [2.75, 3.05) is 12.1 Å². The van der Waals surface area contributed by atoms with E-state index < -0.39 is 16.7 Å². The van der Waals surface area contributed by atoms with Gasteiger partial charge in [-0.15, -0.1) is 0 Å². The number of benzene rings is 2. The minimum Gasteiger partial charge on any atom is -0.493 e. The van der Waals surface area contributed by atoms with E-state index >= 15 is 0 Å². The van der Waals surface area contributed by atoms with Crippen LogP contribution < -0.4 is 19.9 Å². The average Bonchev–Trinajstić information content (AvgIpc) is 3.09. The van der Waals surface area contributed by atoms with Crippen molar-refractivity contribution in [3.63, 3.8) is 0 Å². The van der Waals surface area contributed by atoms with Gasteiger partial charge in [0.25, 0.3) is 17.5 Å². The van der Waals surface area contributed by atoms with Crippen LogP contribution in [0.2, 0.25) is 5.02 Å². The second-order valence-corrected chi connectivity index (χ2v) is 7.15. The summed E-state index contributed by atoms with van der Waals surface area (Å²) in [5.74, 6) is -0.810. The van der Waals surface area contributed by atoms with E-state index in [0.717, 1.165) is 11.2 Å². The minimum absolute atomic E-state index is 0.0361. The monoisotopic (exact) mass is 466 g/mol. The molecule has 3 aromatic rings. The van der Waals surface area contributed by atoms with Gasteiger partial charge in [0, 0.05) is 28.8 Å². The van der Waals surface area contributed by atoms with Crippen molar-refractivity contribution in [2.24, 2.45) is 0 Å². The summed E-state index contributed by atoms with van der Waals surface area (Å²) in [6.45, 7) is 0. The Morgan fingerprint density at radius 1 is 1.15 bits per heavy atom. The lowest BCUT2D eigenvalue weighted by Crippen LogP contribution is -2.35. The summed E-state index contributed by atoms with van der Waals surface area (Å²) in [6.07, 6.45) is 2.37. The number of hydrogen-bond acceptors (Lipinski definition) is 7. The number of methoxy groups -OCH3 is 1. The number of para-hydroxylation sites is 1. The van der Waals surface area contributed by atoms with Gasteiger partial charge in [-0.1, -0.05) is 29.8 Å². The lowest BCUT2D eigenvalue weighted by molar-refractivity contribution is -0.385. The Kier molecular flexibility index (Phi) is 5.92. The molecular weight excluding hydrogens is 452 g/mol. The molecule has 4 rings (SSSR count). The number of nitrogens with zero attached hydrogens (tertiary/aromatic N) is 3. The molecule has 0 atom stereocenters. The molecule has 2 amide bonds. The van der Waals surface area contributed by atoms with Gasteiger partial charge in [-0.2, -0.15) is 0 Å². The van der Waals surface area contributed by atoms with Gasteiger partial charge in [0.05, 0.1) is 17.7 Å². The summed E-state index contributed by atoms with van der Waals surface area (Å²) >= 11 is 6.19. The maximum absolute atomic E-state index is 12.9. The second kappa shape index (κ2) is 8.97. The quantitative estimate of drug-likeness (QED) is 0.253. The highest BCUT2D eigenvalue weighted by Gasteiger charge is 2.34. The number of carbonyl (C=O) groups is 2. The van der Waals surface area contributed by atoms with Crippen LogP contribution in [0.4, 0.5) is 11.4 Å². The van der Waals surface area contributed by atoms with E-state index in [1.807, 2.05) is 0 Å². The summed E-state index contributed by atoms with van der Waals surface area (Å²) in [7, 11) is 1.39. The van der Waals surface area contributed by atoms with Gasteiger partial charge in [0.2, 0.25) is 5.88 Å². The molecule has 1 aliphatic rings. The first-order chi connectivity index (χ1) is 15.9. The highest BCUT2D eigenvalue weighted by molar-refractivity contribution is 6.32. The van der Waals surface area contributed by atoms with Crippen LogP contribution in [0.15, 0.2) is 66.4 Å². The summed E-state index contributed by atoms with van der Waals surface area (Å²) in [4.78, 5) is 39.7. The third-order valence-electron chi connectivity index (χ3n) is 4.61. The Hall–Kier alpha value is -4.44. The number of pyridine rings is 1. The van der Waals surface area contributed by atoms with Crippen LogP contribution in [-0.4, -0.2) is 28.8 Å². The molecule has 10 nitrogen and oxygen atoms in total. The van der Waals surface area contributed by atoms with Crippen molar-refractivity contribution in [1.29, 1.82) is 0 Å². The molecule has 1 aromatic heterocycles. The lowest BCUT2D eigenvalue weighted by Gasteiger charge is -2.14. The fraction of sp³-hybridized carbons (Fsp3) is 0.0455. The Labute approximate surface area is 192 Å². The smallest absolute Gasteiger partial charge is 0.287 e. The molecule has 11 heteroatoms. The van der Waals surface area contributed by atoms with Gasteiger partial charge < -0.3 is 9.47 Å². The highest BCUT2D eigenvalue weighted by atomic mass is 35.5. The number of aromatic nitrogens is 1. The maximum Gasteiger partial charge on any atom is 0.287 e. The van der Waals surface area contributed by atoms with Crippen LogP contribution in [0.3, 0.4) is 0 Å². The largest absolute Gasteiger partial charge is 0.493 e. The van der Waals surface area contributed by atoms with Gasteiger partial charge in [-0.25, -0.2) is 9.99 Å². The highest BCUT2D eigenvalue weighted by Crippen LogP contribution is 2.39. The van der Waals surface area contributed by atoms with Crippen molar-refractivity contribution in [2.45, 2.75) is 0 Å². The normalized spacial score (nSPS) is 14.4. The number of ether oxygens (including phenoxy) is 2. The first-order valence-corrected chi connectivity index (χ1v) is 9.83. The van der Waals surface area contributed by atoms with E-state index in [-0.39, 0.29) is 39.2 Å². The molecule has 1 fully saturated rings. The number of amides is 2. The fourth-order valence-corrected chi connectivity index (χ4v) is 3.29. The van der Waals surface area contributed by atoms with Crippen LogP contribution in [0, 0.1) is 10.1 Å². The Balaban J connectivity index is 1.73. The molecule has 1 saturated heterocycles. The van der Waals surface area contributed by atoms with Gasteiger partial charge in [-0.3, -0.25) is 25.1 Å². The van der Waals surface area contributed by atoms with Crippen molar-refractivity contribution >= 4 is 40.9 Å². The van der Waals surface area contributed by atoms with E-state index in [1.54, 1.807) is 30.3 Å². The van der Waals surface area contributed by atoms with Crippen LogP contribution in [0.5, 0.6) is 17.4 Å². The molecule has 0 radical (unpaired) electrons. The maximum atomic E-state index is 12.9. The number of hydrazine groups is 1. The molecular formula is C22H15ClN4O6. The van der Waals surface area contributed by atoms with Crippen molar-refractivity contribution in [3.05, 3.63) is 87.1 Å². The van der Waals surface area contributed by atoms with Crippen LogP contribution in [0.1, 0.15) is 5.56 Å². The zero-order valence-corrected chi connectivity index (χ0v) is 17.8. The lowest BCUT2D eigenvalue weighted by atomic mass is 10.1. The van der Waals surface area contributed by atoms with Crippen molar-refractivity contribution in [3.8, 4) is 17.4 Å². The van der Waals surface area contributed by atoms with E-state index in [2.05, 4.69) is 10.4 Å². The number of rotatable bonds is 6. The summed E-state index contributed by atoms with van der Waals surface area (Å²) in [6, 6.07) is 14.1. The molecule has 0 unspecified atom stereocenters. The molecule has 0 aliphatic carbocycles. The predicted molar refractivity (Wildman–Crippen MR) is 119 cm³/mol. The molecule has 0 spiro atoms. The number of hydrogen-bond donors (Lipinski definition) is 1. The third-order valence-corrected chi connectivity index (χ3v) is 4.83. The van der Waals surface area contributed by atoms with Gasteiger partial charge in [0.15, 0.2) is 11.5 Å². The number of nitro groups is 1. The molecule has 0 bridgehead atoms. The van der Waals surface area contributed by atoms with Crippen LogP contribution in [-0.2, 0) is 9.59 Å². The zero-order chi connectivity index (χ0) is 23.5. The number of halogens is 1. The second-order valence-electron chi connectivity index (χ2n) is 6.72. The van der Waals surface area contributed by atoms with Crippen LogP contribution in [0.25, 0.3) is 6.08 Å². The fourth-order valence-electron chi connectivity index (χ4n) is 3.07. The molecule has 0 saturated carbocycles. The average molecular weight is 467 g/mol. The summed E-state index contributed by atoms with van der Waals surface area (Å²) < 4.78 is 11.1. The van der Waals surface area contributed by atoms with E-state index in [4.69, 9.17) is 21.1 Å². The standard InChI is InChI=1S/C22H15ClN4O6/c1-32-18-11-14(23)9-13(20(18)33-19-8-7-16(12-24-19)27(30)31)10-17-21(28)25-26(22(17)29)15-5-3-2-4-6-15/h2-12H,1H3,(H,25,28)/b17-10-. The molecule has 166 valence electrons. The number of anilines is 1. The van der Waals surface area contributed by atoms with Crippen molar-refractivity contribution in [1.82, 2.24) is 10.4 Å². The summed E-state index contributed by atoms with van der Waals surface area (Å²) in [5, 5.41) is 12.3. The molecule has 33 heavy (non-hydrogen) atoms. The van der Waals surface area contributed by atoms with E-state index in [1.165, 1.54) is 37.5 Å². The topological polar surface area (TPSA) is 124 Å². The Morgan fingerprint density at radius 2 is 1.91 bits per heavy atom. The van der Waals surface area contributed by atoms with E-state index in [9.17, 15) is 19.7 Å². The minimum atomic E-state index is -0.609. The molecule has 2 heterocycles. The predicted octanol–water partition coefficient (Wildman–Crippen LogP) is 3.91. The molecule has 1 aliphatic heterocycles. The van der Waals surface area contributed by atoms with E-state index in [0.29, 0.717) is 5.69 Å². The Morgan fingerprint density at radius 3 is 2.55 bits per heavy atom. The van der Waals surface area contributed by atoms with Gasteiger partial charge in [0.1, 0.15) is 11.8 Å². The molecule has 1 N–H and O–H groups in total. The number of carbonyl (C=O) groups excluding carboxylic acids is 2. The first kappa shape index (κ1) is 21.8. The van der Waals surface area contributed by atoms with Gasteiger partial charge >= 0.3 is 0 Å². The van der Waals surface area contributed by atoms with Crippen LogP contribution >= 0.6 is 11.6 Å². The molecule has 2 aromatic carbocycles. The Bertz CT molecular complexity index is 1280. The van der Waals surface area contributed by atoms with Gasteiger partial charge in [-0.05, 0) is 24.3 Å². The van der Waals surface area contributed by atoms with Crippen molar-refractivity contribution < 1.29 is 24.0 Å². The third kappa shape index (κ3) is 4.46. The SMILES string of the molecule is COc1cc(Cl)cc(/C=C2/C(=O)NN(c3ccccc3)C2=O)c1Oc1ccc([N+](=O)[O-])cn1. The summed E-state index contributed by atoms with van der Waals surface area (Å²) in [5.41, 5.74) is 2.93. The zero-order valence-electron chi connectivity index (χ0n) is 17.0. The number of nitrogens with one attached hydrogen (secondary N) is 1.